The van der Waals surface area contributed by atoms with E-state index in [1.807, 2.05) is 0 Å². The highest BCUT2D eigenvalue weighted by molar-refractivity contribution is 7.89. The summed E-state index contributed by atoms with van der Waals surface area (Å²) < 4.78 is 45.0. The van der Waals surface area contributed by atoms with Gasteiger partial charge in [-0.15, -0.1) is 0 Å². The molecule has 0 aromatic heterocycles. The third-order valence-electron chi connectivity index (χ3n) is 5.90. The minimum atomic E-state index is -3.60. The van der Waals surface area contributed by atoms with Gasteiger partial charge < -0.3 is 15.0 Å². The van der Waals surface area contributed by atoms with E-state index in [9.17, 15) is 22.4 Å². The van der Waals surface area contributed by atoms with E-state index in [1.165, 1.54) is 28.6 Å². The second-order valence-electron chi connectivity index (χ2n) is 8.15. The largest absolute Gasteiger partial charge is 0.379 e. The second kappa shape index (κ2) is 9.98. The fraction of sp³-hybridized carbons (Fsp3) is 0.391. The first kappa shape index (κ1) is 23.3. The Balaban J connectivity index is 1.31. The van der Waals surface area contributed by atoms with Crippen molar-refractivity contribution in [3.05, 3.63) is 59.9 Å². The number of halogens is 1. The van der Waals surface area contributed by atoms with Crippen LogP contribution < -0.4 is 5.32 Å². The number of anilines is 1. The van der Waals surface area contributed by atoms with Crippen LogP contribution in [0.1, 0.15) is 12.0 Å². The van der Waals surface area contributed by atoms with Crippen molar-refractivity contribution < 1.29 is 27.1 Å². The standard InChI is InChI=1S/C23H26FN3O5S/c24-19-3-1-17(2-4-19)9-10-26-16-18(15-22(26)28)23(29)25-20-5-7-21(8-6-20)33(30,31)27-11-13-32-14-12-27/h1-8,18H,9-16H2,(H,25,29)/t18-/m0/s1. The lowest BCUT2D eigenvalue weighted by molar-refractivity contribution is -0.128. The van der Waals surface area contributed by atoms with Crippen LogP contribution in [0.3, 0.4) is 0 Å². The van der Waals surface area contributed by atoms with Gasteiger partial charge in [0, 0.05) is 38.3 Å². The number of nitrogens with one attached hydrogen (secondary N) is 1. The summed E-state index contributed by atoms with van der Waals surface area (Å²) in [5, 5.41) is 2.78. The fourth-order valence-electron chi connectivity index (χ4n) is 3.97. The molecule has 0 radical (unpaired) electrons. The van der Waals surface area contributed by atoms with Crippen LogP contribution in [0.5, 0.6) is 0 Å². The highest BCUT2D eigenvalue weighted by atomic mass is 32.2. The third-order valence-corrected chi connectivity index (χ3v) is 7.81. The van der Waals surface area contributed by atoms with Crippen molar-refractivity contribution in [1.29, 1.82) is 0 Å². The summed E-state index contributed by atoms with van der Waals surface area (Å²) in [5.74, 6) is -1.16. The molecule has 2 saturated heterocycles. The van der Waals surface area contributed by atoms with Crippen LogP contribution in [0, 0.1) is 11.7 Å². The van der Waals surface area contributed by atoms with Gasteiger partial charge in [0.2, 0.25) is 21.8 Å². The van der Waals surface area contributed by atoms with E-state index in [0.29, 0.717) is 51.5 Å². The van der Waals surface area contributed by atoms with Gasteiger partial charge in [0.1, 0.15) is 5.82 Å². The van der Waals surface area contributed by atoms with Crippen molar-refractivity contribution in [1.82, 2.24) is 9.21 Å². The van der Waals surface area contributed by atoms with E-state index in [0.717, 1.165) is 5.56 Å². The molecule has 176 valence electrons. The van der Waals surface area contributed by atoms with Crippen molar-refractivity contribution in [2.75, 3.05) is 44.7 Å². The van der Waals surface area contributed by atoms with E-state index >= 15 is 0 Å². The lowest BCUT2D eigenvalue weighted by atomic mass is 10.1. The third kappa shape index (κ3) is 5.58. The highest BCUT2D eigenvalue weighted by Gasteiger charge is 2.34. The SMILES string of the molecule is O=C(Nc1ccc(S(=O)(=O)N2CCOCC2)cc1)[C@H]1CC(=O)N(CCc2ccc(F)cc2)C1. The van der Waals surface area contributed by atoms with Crippen molar-refractivity contribution in [3.63, 3.8) is 0 Å². The van der Waals surface area contributed by atoms with E-state index in [-0.39, 0.29) is 28.9 Å². The number of sulfonamides is 1. The number of benzene rings is 2. The molecule has 10 heteroatoms. The van der Waals surface area contributed by atoms with E-state index in [1.54, 1.807) is 29.2 Å². The van der Waals surface area contributed by atoms with Gasteiger partial charge in [0.05, 0.1) is 24.0 Å². The summed E-state index contributed by atoms with van der Waals surface area (Å²) in [7, 11) is -3.60. The van der Waals surface area contributed by atoms with Crippen molar-refractivity contribution in [3.8, 4) is 0 Å². The number of carbonyl (C=O) groups is 2. The molecule has 2 aromatic rings. The molecule has 0 spiro atoms. The molecular formula is C23H26FN3O5S. The Labute approximate surface area is 192 Å². The van der Waals surface area contributed by atoms with Crippen LogP contribution in [0.4, 0.5) is 10.1 Å². The zero-order valence-corrected chi connectivity index (χ0v) is 18.9. The first-order valence-electron chi connectivity index (χ1n) is 10.8. The molecule has 2 amide bonds. The van der Waals surface area contributed by atoms with Gasteiger partial charge in [-0.2, -0.15) is 4.31 Å². The number of carbonyl (C=O) groups excluding carboxylic acids is 2. The fourth-order valence-corrected chi connectivity index (χ4v) is 5.38. The smallest absolute Gasteiger partial charge is 0.243 e. The molecule has 4 rings (SSSR count). The molecule has 2 aliphatic heterocycles. The average Bonchev–Trinajstić information content (AvgIpc) is 3.20. The molecule has 2 aromatic carbocycles. The predicted molar refractivity (Wildman–Crippen MR) is 119 cm³/mol. The molecule has 2 heterocycles. The molecular weight excluding hydrogens is 449 g/mol. The molecule has 33 heavy (non-hydrogen) atoms. The lowest BCUT2D eigenvalue weighted by Gasteiger charge is -2.26. The number of hydrogen-bond donors (Lipinski definition) is 1. The van der Waals surface area contributed by atoms with Gasteiger partial charge in [-0.25, -0.2) is 12.8 Å². The summed E-state index contributed by atoms with van der Waals surface area (Å²) in [6.07, 6.45) is 0.707. The monoisotopic (exact) mass is 475 g/mol. The van der Waals surface area contributed by atoms with Gasteiger partial charge in [-0.3, -0.25) is 9.59 Å². The average molecular weight is 476 g/mol. The Morgan fingerprint density at radius 3 is 2.39 bits per heavy atom. The molecule has 0 bridgehead atoms. The molecule has 1 atom stereocenters. The van der Waals surface area contributed by atoms with Crippen LogP contribution in [-0.2, 0) is 30.8 Å². The zero-order valence-electron chi connectivity index (χ0n) is 18.1. The molecule has 2 fully saturated rings. The van der Waals surface area contributed by atoms with Crippen molar-refractivity contribution in [2.45, 2.75) is 17.7 Å². The van der Waals surface area contributed by atoms with Gasteiger partial charge in [0.15, 0.2) is 0 Å². The minimum Gasteiger partial charge on any atom is -0.379 e. The summed E-state index contributed by atoms with van der Waals surface area (Å²) >= 11 is 0. The number of hydrogen-bond acceptors (Lipinski definition) is 5. The lowest BCUT2D eigenvalue weighted by Crippen LogP contribution is -2.40. The zero-order chi connectivity index (χ0) is 23.4. The van der Waals surface area contributed by atoms with Crippen molar-refractivity contribution >= 4 is 27.5 Å². The Bertz CT molecular complexity index is 1100. The molecule has 0 aliphatic carbocycles. The maximum absolute atomic E-state index is 13.0. The number of likely N-dealkylation sites (tertiary alicyclic amines) is 1. The van der Waals surface area contributed by atoms with E-state index in [2.05, 4.69) is 5.32 Å². The van der Waals surface area contributed by atoms with Gasteiger partial charge in [-0.1, -0.05) is 12.1 Å². The van der Waals surface area contributed by atoms with Crippen LogP contribution >= 0.6 is 0 Å². The van der Waals surface area contributed by atoms with Gasteiger partial charge in [-0.05, 0) is 48.4 Å². The number of ether oxygens (including phenoxy) is 1. The van der Waals surface area contributed by atoms with Crippen LogP contribution in [0.2, 0.25) is 0 Å². The molecule has 1 N–H and O–H groups in total. The summed E-state index contributed by atoms with van der Waals surface area (Å²) in [6.45, 7) is 2.14. The molecule has 8 nitrogen and oxygen atoms in total. The normalized spacial score (nSPS) is 19.6. The predicted octanol–water partition coefficient (Wildman–Crippen LogP) is 1.88. The quantitative estimate of drug-likeness (QED) is 0.660. The van der Waals surface area contributed by atoms with Crippen molar-refractivity contribution in [2.24, 2.45) is 5.92 Å². The first-order valence-corrected chi connectivity index (χ1v) is 12.3. The number of rotatable bonds is 7. The summed E-state index contributed by atoms with van der Waals surface area (Å²) in [4.78, 5) is 26.8. The van der Waals surface area contributed by atoms with Crippen LogP contribution in [0.15, 0.2) is 53.4 Å². The first-order chi connectivity index (χ1) is 15.8. The van der Waals surface area contributed by atoms with E-state index in [4.69, 9.17) is 4.74 Å². The van der Waals surface area contributed by atoms with E-state index < -0.39 is 15.9 Å². The molecule has 0 saturated carbocycles. The number of nitrogens with zero attached hydrogens (tertiary/aromatic N) is 2. The number of amides is 2. The Morgan fingerprint density at radius 2 is 1.73 bits per heavy atom. The summed E-state index contributed by atoms with van der Waals surface area (Å²) in [6, 6.07) is 12.2. The highest BCUT2D eigenvalue weighted by Crippen LogP contribution is 2.23. The van der Waals surface area contributed by atoms with Gasteiger partial charge >= 0.3 is 0 Å². The Morgan fingerprint density at radius 1 is 1.06 bits per heavy atom. The molecule has 0 unspecified atom stereocenters. The molecule has 2 aliphatic rings. The second-order valence-corrected chi connectivity index (χ2v) is 10.1. The number of morpholine rings is 1. The maximum atomic E-state index is 13.0. The summed E-state index contributed by atoms with van der Waals surface area (Å²) in [5.41, 5.74) is 1.39. The topological polar surface area (TPSA) is 96.0 Å². The van der Waals surface area contributed by atoms with Crippen LogP contribution in [0.25, 0.3) is 0 Å². The Kier molecular flexibility index (Phi) is 7.06. The maximum Gasteiger partial charge on any atom is 0.243 e. The minimum absolute atomic E-state index is 0.0933. The van der Waals surface area contributed by atoms with Crippen LogP contribution in [-0.4, -0.2) is 68.8 Å². The van der Waals surface area contributed by atoms with Gasteiger partial charge in [0.25, 0.3) is 0 Å². The Hall–Kier alpha value is -2.82.